The molecule has 0 atom stereocenters. The predicted octanol–water partition coefficient (Wildman–Crippen LogP) is -0.677. The Bertz CT molecular complexity index is 8.00. The summed E-state index contributed by atoms with van der Waals surface area (Å²) in [6.07, 6.45) is 0. The van der Waals surface area contributed by atoms with Crippen molar-refractivity contribution in [1.29, 1.82) is 0 Å². The van der Waals surface area contributed by atoms with Crippen molar-refractivity contribution >= 4 is 0 Å². The van der Waals surface area contributed by atoms with Gasteiger partial charge in [0.2, 0.25) is 0 Å². The van der Waals surface area contributed by atoms with Crippen molar-refractivity contribution in [3.8, 4) is 0 Å². The van der Waals surface area contributed by atoms with Crippen LogP contribution in [0.3, 0.4) is 0 Å². The molecule has 23 valence electrons. The van der Waals surface area contributed by atoms with E-state index in [1.54, 1.807) is 0 Å². The predicted molar refractivity (Wildman–Crippen MR) is 6.12 cm³/mol. The second-order valence-corrected chi connectivity index (χ2v) is 0. The van der Waals surface area contributed by atoms with Crippen LogP contribution in [0.2, 0.25) is 0 Å². The first kappa shape index (κ1) is 39.7. The third kappa shape index (κ3) is 9.11. The van der Waals surface area contributed by atoms with Crippen LogP contribution in [0.25, 0.3) is 0 Å². The van der Waals surface area contributed by atoms with E-state index < -0.39 is 0 Å². The second kappa shape index (κ2) is 20.8. The number of halogens is 1. The molecular formula is H3FOYZr. The molecule has 4 heavy (non-hydrogen) atoms. The van der Waals surface area contributed by atoms with Gasteiger partial charge in [0.25, 0.3) is 0 Å². The van der Waals surface area contributed by atoms with Crippen molar-refractivity contribution in [1.82, 2.24) is 0 Å². The largest absolute Gasteiger partial charge is 0.412 e. The Hall–Kier alpha value is 1.88. The minimum absolute atomic E-state index is 0. The van der Waals surface area contributed by atoms with Gasteiger partial charge in [-0.15, -0.1) is 0 Å². The first-order valence-corrected chi connectivity index (χ1v) is 0. The molecule has 0 bridgehead atoms. The van der Waals surface area contributed by atoms with E-state index in [-0.39, 0.29) is 69.1 Å². The van der Waals surface area contributed by atoms with Gasteiger partial charge in [-0.2, -0.15) is 0 Å². The van der Waals surface area contributed by atoms with Crippen LogP contribution in [0.5, 0.6) is 0 Å². The van der Waals surface area contributed by atoms with Crippen LogP contribution >= 0.6 is 0 Å². The zero-order valence-electron chi connectivity index (χ0n) is 1.99. The second-order valence-electron chi connectivity index (χ2n) is 0. The molecule has 1 radical (unpaired) electrons. The van der Waals surface area contributed by atoms with Gasteiger partial charge in [0, 0.05) is 58.9 Å². The third-order valence-electron chi connectivity index (χ3n) is 0. The van der Waals surface area contributed by atoms with Crippen LogP contribution in [-0.2, 0) is 58.9 Å². The molecule has 0 spiro atoms. The summed E-state index contributed by atoms with van der Waals surface area (Å²) in [4.78, 5) is 0. The van der Waals surface area contributed by atoms with Crippen molar-refractivity contribution in [2.24, 2.45) is 0 Å². The summed E-state index contributed by atoms with van der Waals surface area (Å²) in [6, 6.07) is 0. The minimum Gasteiger partial charge on any atom is -0.412 e. The standard InChI is InChI=1S/FH.H2O.Y.Zr/h1H;1H2;;. The summed E-state index contributed by atoms with van der Waals surface area (Å²) in [7, 11) is 0. The first-order chi connectivity index (χ1) is 0. The smallest absolute Gasteiger partial charge is 0 e. The number of hydrogen-bond acceptors (Lipinski definition) is 0. The maximum absolute atomic E-state index is 0. The molecule has 0 heterocycles. The molecule has 0 aromatic carbocycles. The Balaban J connectivity index is 0. The van der Waals surface area contributed by atoms with E-state index in [0.717, 1.165) is 0 Å². The summed E-state index contributed by atoms with van der Waals surface area (Å²) in [5, 5.41) is 0. The summed E-state index contributed by atoms with van der Waals surface area (Å²) in [6.45, 7) is 0. The van der Waals surface area contributed by atoms with Gasteiger partial charge in [-0.05, 0) is 0 Å². The summed E-state index contributed by atoms with van der Waals surface area (Å²) >= 11 is 0. The average molecular weight is 218 g/mol. The van der Waals surface area contributed by atoms with Crippen LogP contribution in [0.1, 0.15) is 0 Å². The fourth-order valence-corrected chi connectivity index (χ4v) is 0. The average Bonchev–Trinajstić information content (AvgIpc) is 0. The van der Waals surface area contributed by atoms with Gasteiger partial charge in [0.15, 0.2) is 0 Å². The summed E-state index contributed by atoms with van der Waals surface area (Å²) < 4.78 is 0. The molecule has 0 aliphatic rings. The van der Waals surface area contributed by atoms with E-state index in [0.29, 0.717) is 0 Å². The topological polar surface area (TPSA) is 31.5 Å². The molecule has 0 saturated heterocycles. The van der Waals surface area contributed by atoms with E-state index >= 15 is 0 Å². The summed E-state index contributed by atoms with van der Waals surface area (Å²) in [5.41, 5.74) is 0. The van der Waals surface area contributed by atoms with Crippen molar-refractivity contribution in [3.63, 3.8) is 0 Å². The van der Waals surface area contributed by atoms with Crippen molar-refractivity contribution < 1.29 is 69.1 Å². The van der Waals surface area contributed by atoms with Gasteiger partial charge < -0.3 is 5.48 Å². The molecular weight excluding hydrogens is 215 g/mol. The van der Waals surface area contributed by atoms with Gasteiger partial charge in [-0.3, -0.25) is 4.70 Å². The molecule has 2 N–H and O–H groups in total. The molecule has 0 rings (SSSR count). The van der Waals surface area contributed by atoms with Gasteiger partial charge in [-0.25, -0.2) is 0 Å². The maximum atomic E-state index is 0. The van der Waals surface area contributed by atoms with Crippen molar-refractivity contribution in [2.45, 2.75) is 0 Å². The fraction of sp³-hybridized carbons (Fsp3) is 0. The SMILES string of the molecule is F.O.[Y].[Zr]. The maximum Gasteiger partial charge on any atom is 0 e. The van der Waals surface area contributed by atoms with Crippen LogP contribution in [0.4, 0.5) is 4.70 Å². The molecule has 0 aliphatic heterocycles. The zero-order chi connectivity index (χ0) is 0. The van der Waals surface area contributed by atoms with E-state index in [9.17, 15) is 0 Å². The zero-order valence-corrected chi connectivity index (χ0v) is 7.28. The Kier molecular flexibility index (Phi) is 206. The van der Waals surface area contributed by atoms with Crippen molar-refractivity contribution in [2.75, 3.05) is 0 Å². The van der Waals surface area contributed by atoms with Crippen LogP contribution in [0.15, 0.2) is 0 Å². The molecule has 4 heteroatoms. The molecule has 0 fully saturated rings. The Morgan fingerprint density at radius 3 is 1.00 bits per heavy atom. The third-order valence-corrected chi connectivity index (χ3v) is 0. The molecule has 0 aromatic heterocycles. The quantitative estimate of drug-likeness (QED) is 0.516. The number of hydrogen-bond donors (Lipinski definition) is 0. The molecule has 0 saturated carbocycles. The Labute approximate surface area is 68.2 Å². The fourth-order valence-electron chi connectivity index (χ4n) is 0. The van der Waals surface area contributed by atoms with Crippen LogP contribution in [-0.4, -0.2) is 5.48 Å². The Morgan fingerprint density at radius 1 is 1.00 bits per heavy atom. The van der Waals surface area contributed by atoms with Gasteiger partial charge >= 0.3 is 0 Å². The van der Waals surface area contributed by atoms with E-state index in [4.69, 9.17) is 0 Å². The van der Waals surface area contributed by atoms with Gasteiger partial charge in [0.1, 0.15) is 0 Å². The first-order valence-electron chi connectivity index (χ1n) is 0. The van der Waals surface area contributed by atoms with Crippen molar-refractivity contribution in [3.05, 3.63) is 0 Å². The van der Waals surface area contributed by atoms with E-state index in [1.165, 1.54) is 0 Å². The molecule has 0 amide bonds. The molecule has 1 nitrogen and oxygen atoms in total. The van der Waals surface area contributed by atoms with Crippen LogP contribution < -0.4 is 0 Å². The Morgan fingerprint density at radius 2 is 1.00 bits per heavy atom. The minimum atomic E-state index is 0. The number of rotatable bonds is 0. The van der Waals surface area contributed by atoms with Gasteiger partial charge in [0.05, 0.1) is 0 Å². The molecule has 0 aromatic rings. The monoisotopic (exact) mass is 217 g/mol. The van der Waals surface area contributed by atoms with Crippen LogP contribution in [0, 0.1) is 0 Å². The van der Waals surface area contributed by atoms with E-state index in [2.05, 4.69) is 0 Å². The van der Waals surface area contributed by atoms with E-state index in [1.807, 2.05) is 0 Å². The normalized spacial score (nSPS) is 0. The van der Waals surface area contributed by atoms with Gasteiger partial charge in [-0.1, -0.05) is 0 Å². The molecule has 0 unspecified atom stereocenters. The summed E-state index contributed by atoms with van der Waals surface area (Å²) in [5.74, 6) is 0. The molecule has 0 aliphatic carbocycles.